The summed E-state index contributed by atoms with van der Waals surface area (Å²) in [5.41, 5.74) is 1.04. The standard InChI is InChI=1S/C14H24NO3/c1-11(15(8-9-15)10-17-3)14(12(2)16)18-13-6-4-5-7-13/h13H,4-10H2,1-3H3/q+1/b14-11-. The number of rotatable bonds is 6. The molecule has 0 atom stereocenters. The van der Waals surface area contributed by atoms with Gasteiger partial charge < -0.3 is 9.47 Å². The van der Waals surface area contributed by atoms with E-state index in [-0.39, 0.29) is 11.9 Å². The van der Waals surface area contributed by atoms with E-state index in [2.05, 4.69) is 0 Å². The minimum Gasteiger partial charge on any atom is -0.482 e. The van der Waals surface area contributed by atoms with E-state index in [1.54, 1.807) is 14.0 Å². The number of allylic oxidation sites excluding steroid dienone is 2. The summed E-state index contributed by atoms with van der Waals surface area (Å²) in [6, 6.07) is 0. The molecule has 1 heterocycles. The summed E-state index contributed by atoms with van der Waals surface area (Å²) in [6.07, 6.45) is 4.82. The molecule has 0 amide bonds. The van der Waals surface area contributed by atoms with Gasteiger partial charge in [0.15, 0.2) is 18.2 Å². The van der Waals surface area contributed by atoms with Gasteiger partial charge in [0.1, 0.15) is 13.1 Å². The zero-order valence-corrected chi connectivity index (χ0v) is 11.7. The predicted octanol–water partition coefficient (Wildman–Crippen LogP) is 2.20. The lowest BCUT2D eigenvalue weighted by Gasteiger charge is -2.22. The van der Waals surface area contributed by atoms with Crippen LogP contribution in [0.4, 0.5) is 0 Å². The van der Waals surface area contributed by atoms with Crippen LogP contribution in [0.15, 0.2) is 11.5 Å². The topological polar surface area (TPSA) is 35.5 Å². The molecule has 1 aliphatic carbocycles. The molecule has 2 rings (SSSR count). The maximum Gasteiger partial charge on any atom is 0.219 e. The molecule has 0 aromatic rings. The molecule has 1 saturated heterocycles. The summed E-state index contributed by atoms with van der Waals surface area (Å²) in [7, 11) is 1.71. The fourth-order valence-corrected chi connectivity index (χ4v) is 2.74. The van der Waals surface area contributed by atoms with Gasteiger partial charge in [-0.15, -0.1) is 0 Å². The number of carbonyl (C=O) groups excluding carboxylic acids is 1. The maximum absolute atomic E-state index is 11.8. The Morgan fingerprint density at radius 1 is 1.22 bits per heavy atom. The second-order valence-corrected chi connectivity index (χ2v) is 5.51. The molecular formula is C14H24NO3+. The lowest BCUT2D eigenvalue weighted by molar-refractivity contribution is -0.784. The first-order valence-corrected chi connectivity index (χ1v) is 6.83. The number of Topliss-reactive ketones (excluding diaryl/α,β-unsaturated/α-hetero) is 1. The van der Waals surface area contributed by atoms with Crippen molar-refractivity contribution in [2.24, 2.45) is 0 Å². The van der Waals surface area contributed by atoms with Gasteiger partial charge in [-0.3, -0.25) is 9.28 Å². The molecule has 18 heavy (non-hydrogen) atoms. The molecule has 102 valence electrons. The van der Waals surface area contributed by atoms with Crippen molar-refractivity contribution in [2.75, 3.05) is 26.9 Å². The molecule has 0 unspecified atom stereocenters. The highest BCUT2D eigenvalue weighted by Gasteiger charge is 2.47. The smallest absolute Gasteiger partial charge is 0.219 e. The number of hydrogen-bond acceptors (Lipinski definition) is 3. The fraction of sp³-hybridized carbons (Fsp3) is 0.786. The normalized spacial score (nSPS) is 23.7. The lowest BCUT2D eigenvalue weighted by Crippen LogP contribution is -2.29. The Bertz CT molecular complexity index is 352. The van der Waals surface area contributed by atoms with Crippen LogP contribution in [0, 0.1) is 0 Å². The first-order valence-electron chi connectivity index (χ1n) is 6.83. The van der Waals surface area contributed by atoms with Crippen LogP contribution in [0.25, 0.3) is 0 Å². The van der Waals surface area contributed by atoms with E-state index in [4.69, 9.17) is 9.47 Å². The quantitative estimate of drug-likeness (QED) is 0.315. The van der Waals surface area contributed by atoms with Gasteiger partial charge in [0.05, 0.1) is 6.10 Å². The van der Waals surface area contributed by atoms with Crippen LogP contribution in [-0.2, 0) is 14.3 Å². The summed E-state index contributed by atoms with van der Waals surface area (Å²) in [5, 5.41) is 0. The Labute approximate surface area is 109 Å². The number of hydrogen-bond donors (Lipinski definition) is 0. The second kappa shape index (κ2) is 5.41. The number of ketones is 1. The number of quaternary nitrogens is 1. The third-order valence-corrected chi connectivity index (χ3v) is 4.09. The van der Waals surface area contributed by atoms with Crippen molar-refractivity contribution in [3.8, 4) is 0 Å². The van der Waals surface area contributed by atoms with Gasteiger partial charge in [0.25, 0.3) is 0 Å². The van der Waals surface area contributed by atoms with Crippen molar-refractivity contribution in [1.29, 1.82) is 0 Å². The number of ether oxygens (including phenoxy) is 2. The summed E-state index contributed by atoms with van der Waals surface area (Å²) < 4.78 is 12.0. The molecule has 0 aromatic heterocycles. The minimum absolute atomic E-state index is 0.0416. The first-order chi connectivity index (χ1) is 8.59. The minimum atomic E-state index is 0.0416. The number of methoxy groups -OCH3 is 1. The van der Waals surface area contributed by atoms with Crippen LogP contribution in [0.5, 0.6) is 0 Å². The molecule has 0 N–H and O–H groups in total. The molecule has 1 saturated carbocycles. The molecule has 1 aliphatic heterocycles. The number of carbonyl (C=O) groups is 1. The average Bonchev–Trinajstić information content (AvgIpc) is 2.93. The highest BCUT2D eigenvalue weighted by Crippen LogP contribution is 2.33. The highest BCUT2D eigenvalue weighted by molar-refractivity contribution is 5.91. The highest BCUT2D eigenvalue weighted by atomic mass is 16.5. The van der Waals surface area contributed by atoms with Crippen molar-refractivity contribution in [1.82, 2.24) is 0 Å². The molecule has 0 spiro atoms. The first kappa shape index (κ1) is 13.6. The second-order valence-electron chi connectivity index (χ2n) is 5.51. The zero-order chi connectivity index (χ0) is 13.2. The van der Waals surface area contributed by atoms with Gasteiger partial charge in [0, 0.05) is 21.0 Å². The van der Waals surface area contributed by atoms with E-state index >= 15 is 0 Å². The van der Waals surface area contributed by atoms with Gasteiger partial charge in [-0.2, -0.15) is 0 Å². The van der Waals surface area contributed by atoms with Crippen LogP contribution in [0.3, 0.4) is 0 Å². The molecule has 0 radical (unpaired) electrons. The Morgan fingerprint density at radius 3 is 2.28 bits per heavy atom. The molecule has 0 aromatic carbocycles. The Kier molecular flexibility index (Phi) is 4.07. The van der Waals surface area contributed by atoms with Gasteiger partial charge >= 0.3 is 0 Å². The molecule has 0 bridgehead atoms. The Hall–Kier alpha value is -0.870. The van der Waals surface area contributed by atoms with Crippen molar-refractivity contribution >= 4 is 5.78 Å². The van der Waals surface area contributed by atoms with Crippen LogP contribution in [-0.4, -0.2) is 43.3 Å². The monoisotopic (exact) mass is 254 g/mol. The van der Waals surface area contributed by atoms with Crippen LogP contribution >= 0.6 is 0 Å². The fourth-order valence-electron chi connectivity index (χ4n) is 2.74. The van der Waals surface area contributed by atoms with E-state index in [1.807, 2.05) is 6.92 Å². The summed E-state index contributed by atoms with van der Waals surface area (Å²) in [6.45, 7) is 6.34. The van der Waals surface area contributed by atoms with E-state index in [0.717, 1.165) is 36.1 Å². The SMILES string of the molecule is COC[N+]1(/C(C)=C(\OC2CCCC2)C(C)=O)CC1. The molecular weight excluding hydrogens is 230 g/mol. The van der Waals surface area contributed by atoms with Crippen molar-refractivity contribution < 1.29 is 18.8 Å². The molecule has 4 nitrogen and oxygen atoms in total. The van der Waals surface area contributed by atoms with Crippen molar-refractivity contribution in [3.63, 3.8) is 0 Å². The van der Waals surface area contributed by atoms with Crippen LogP contribution in [0.2, 0.25) is 0 Å². The zero-order valence-electron chi connectivity index (χ0n) is 11.7. The van der Waals surface area contributed by atoms with Crippen molar-refractivity contribution in [3.05, 3.63) is 11.5 Å². The van der Waals surface area contributed by atoms with Crippen LogP contribution < -0.4 is 0 Å². The van der Waals surface area contributed by atoms with E-state index in [1.165, 1.54) is 12.8 Å². The Morgan fingerprint density at radius 2 is 1.83 bits per heavy atom. The number of nitrogens with zero attached hydrogens (tertiary/aromatic N) is 1. The van der Waals surface area contributed by atoms with Crippen LogP contribution in [0.1, 0.15) is 39.5 Å². The summed E-state index contributed by atoms with van der Waals surface area (Å²) >= 11 is 0. The third-order valence-electron chi connectivity index (χ3n) is 4.09. The molecule has 2 fully saturated rings. The van der Waals surface area contributed by atoms with Gasteiger partial charge in [-0.1, -0.05) is 0 Å². The largest absolute Gasteiger partial charge is 0.482 e. The summed E-state index contributed by atoms with van der Waals surface area (Å²) in [4.78, 5) is 11.8. The Balaban J connectivity index is 2.14. The van der Waals surface area contributed by atoms with E-state index < -0.39 is 0 Å². The average molecular weight is 254 g/mol. The van der Waals surface area contributed by atoms with Gasteiger partial charge in [0.2, 0.25) is 5.76 Å². The lowest BCUT2D eigenvalue weighted by atomic mass is 10.2. The van der Waals surface area contributed by atoms with Crippen molar-refractivity contribution in [2.45, 2.75) is 45.6 Å². The van der Waals surface area contributed by atoms with E-state index in [0.29, 0.717) is 12.5 Å². The predicted molar refractivity (Wildman–Crippen MR) is 68.6 cm³/mol. The van der Waals surface area contributed by atoms with Gasteiger partial charge in [-0.25, -0.2) is 0 Å². The van der Waals surface area contributed by atoms with Gasteiger partial charge in [-0.05, 0) is 25.7 Å². The molecule has 2 aliphatic rings. The third kappa shape index (κ3) is 2.75. The van der Waals surface area contributed by atoms with E-state index in [9.17, 15) is 4.79 Å². The summed E-state index contributed by atoms with van der Waals surface area (Å²) in [5.74, 6) is 0.622. The molecule has 4 heteroatoms. The maximum atomic E-state index is 11.8.